The van der Waals surface area contributed by atoms with Gasteiger partial charge in [0.05, 0.1) is 25.0 Å². The Morgan fingerprint density at radius 2 is 2.03 bits per heavy atom. The minimum absolute atomic E-state index is 0.190. The topological polar surface area (TPSA) is 91.5 Å². The summed E-state index contributed by atoms with van der Waals surface area (Å²) in [5.74, 6) is -1.55. The van der Waals surface area contributed by atoms with E-state index >= 15 is 0 Å². The highest BCUT2D eigenvalue weighted by Crippen LogP contribution is 2.30. The molecule has 0 saturated carbocycles. The van der Waals surface area contributed by atoms with Crippen molar-refractivity contribution in [3.8, 4) is 11.9 Å². The zero-order valence-electron chi connectivity index (χ0n) is 15.4. The van der Waals surface area contributed by atoms with Gasteiger partial charge in [-0.3, -0.25) is 4.79 Å². The highest BCUT2D eigenvalue weighted by molar-refractivity contribution is 5.94. The zero-order valence-corrected chi connectivity index (χ0v) is 15.4. The number of rotatable bonds is 7. The Balaban J connectivity index is 1.52. The maximum Gasteiger partial charge on any atom is 0.269 e. The molecule has 1 aromatic carbocycles. The molecule has 0 unspecified atom stereocenters. The van der Waals surface area contributed by atoms with Gasteiger partial charge in [-0.1, -0.05) is 6.58 Å². The molecule has 1 atom stereocenters. The van der Waals surface area contributed by atoms with E-state index in [-0.39, 0.29) is 18.2 Å². The molecule has 1 aliphatic rings. The number of carbonyl (C=O) groups excluding carboxylic acids is 1. The molecule has 1 aliphatic heterocycles. The van der Waals surface area contributed by atoms with Gasteiger partial charge in [0.15, 0.2) is 5.69 Å². The number of aromatic nitrogens is 2. The lowest BCUT2D eigenvalue weighted by molar-refractivity contribution is -0.129. The van der Waals surface area contributed by atoms with Crippen LogP contribution in [0.3, 0.4) is 0 Å². The number of hydrogen-bond donors (Lipinski definition) is 0. The molecule has 2 aromatic rings. The molecule has 0 N–H and O–H groups in total. The third kappa shape index (κ3) is 4.99. The van der Waals surface area contributed by atoms with Crippen molar-refractivity contribution in [3.63, 3.8) is 0 Å². The molecule has 2 heterocycles. The van der Waals surface area contributed by atoms with E-state index in [4.69, 9.17) is 10.00 Å². The number of halogens is 2. The van der Waals surface area contributed by atoms with Crippen molar-refractivity contribution in [1.82, 2.24) is 15.0 Å². The van der Waals surface area contributed by atoms with E-state index in [2.05, 4.69) is 21.6 Å². The lowest BCUT2D eigenvalue weighted by Gasteiger charge is -2.23. The Labute approximate surface area is 166 Å². The van der Waals surface area contributed by atoms with Gasteiger partial charge in [0.1, 0.15) is 17.7 Å². The molecule has 3 rings (SSSR count). The second-order valence-electron chi connectivity index (χ2n) is 6.31. The predicted octanol–water partition coefficient (Wildman–Crippen LogP) is 3.30. The zero-order chi connectivity index (χ0) is 20.8. The maximum atomic E-state index is 13.5. The molecule has 1 amide bonds. The third-order valence-corrected chi connectivity index (χ3v) is 4.23. The quantitative estimate of drug-likeness (QED) is 0.528. The predicted molar refractivity (Wildman–Crippen MR) is 99.7 cm³/mol. The highest BCUT2D eigenvalue weighted by atomic mass is 19.1. The van der Waals surface area contributed by atoms with Crippen molar-refractivity contribution >= 4 is 12.1 Å². The van der Waals surface area contributed by atoms with Crippen molar-refractivity contribution in [1.29, 1.82) is 5.26 Å². The van der Waals surface area contributed by atoms with E-state index in [1.807, 2.05) is 6.07 Å². The molecule has 0 saturated heterocycles. The second kappa shape index (κ2) is 9.01. The summed E-state index contributed by atoms with van der Waals surface area (Å²) in [5, 5.41) is 13.9. The van der Waals surface area contributed by atoms with Crippen LogP contribution in [0.2, 0.25) is 0 Å². The molecule has 0 fully saturated rings. The van der Waals surface area contributed by atoms with Crippen LogP contribution in [0.4, 0.5) is 8.78 Å². The van der Waals surface area contributed by atoms with Gasteiger partial charge in [-0.2, -0.15) is 10.4 Å². The van der Waals surface area contributed by atoms with E-state index in [0.29, 0.717) is 30.4 Å². The fraction of sp³-hybridized carbons (Fsp3) is 0.250. The molecular weight excluding hydrogens is 380 g/mol. The third-order valence-electron chi connectivity index (χ3n) is 4.23. The van der Waals surface area contributed by atoms with Crippen LogP contribution in [-0.2, 0) is 4.79 Å². The Bertz CT molecular complexity index is 965. The number of hydrogen-bond acceptors (Lipinski definition) is 6. The van der Waals surface area contributed by atoms with Gasteiger partial charge in [-0.15, -0.1) is 0 Å². The number of hydrazone groups is 1. The van der Waals surface area contributed by atoms with Crippen molar-refractivity contribution < 1.29 is 18.3 Å². The van der Waals surface area contributed by atoms with Crippen LogP contribution in [0.5, 0.6) is 5.88 Å². The fourth-order valence-corrected chi connectivity index (χ4v) is 2.83. The van der Waals surface area contributed by atoms with Crippen LogP contribution in [-0.4, -0.2) is 33.7 Å². The average molecular weight is 397 g/mol. The average Bonchev–Trinajstić information content (AvgIpc) is 3.20. The van der Waals surface area contributed by atoms with Crippen LogP contribution in [0, 0.1) is 23.0 Å². The number of benzene rings is 1. The summed E-state index contributed by atoms with van der Waals surface area (Å²) in [5.41, 5.74) is 0.833. The normalized spacial score (nSPS) is 15.2. The fourth-order valence-electron chi connectivity index (χ4n) is 2.83. The molecule has 29 heavy (non-hydrogen) atoms. The van der Waals surface area contributed by atoms with Crippen molar-refractivity contribution in [2.24, 2.45) is 5.10 Å². The van der Waals surface area contributed by atoms with Gasteiger partial charge >= 0.3 is 0 Å². The van der Waals surface area contributed by atoms with Gasteiger partial charge in [-0.25, -0.2) is 23.8 Å². The number of ether oxygens (including phenoxy) is 1. The largest absolute Gasteiger partial charge is 0.477 e. The van der Waals surface area contributed by atoms with Gasteiger partial charge in [0, 0.05) is 24.3 Å². The smallest absolute Gasteiger partial charge is 0.269 e. The van der Waals surface area contributed by atoms with Crippen LogP contribution >= 0.6 is 0 Å². The molecule has 148 valence electrons. The first-order chi connectivity index (χ1) is 14.0. The summed E-state index contributed by atoms with van der Waals surface area (Å²) in [4.78, 5) is 20.4. The summed E-state index contributed by atoms with van der Waals surface area (Å²) in [6.45, 7) is 4.07. The monoisotopic (exact) mass is 397 g/mol. The van der Waals surface area contributed by atoms with Crippen molar-refractivity contribution in [2.45, 2.75) is 25.3 Å². The van der Waals surface area contributed by atoms with E-state index in [1.165, 1.54) is 35.7 Å². The second-order valence-corrected chi connectivity index (χ2v) is 6.31. The maximum absolute atomic E-state index is 13.5. The van der Waals surface area contributed by atoms with E-state index in [9.17, 15) is 13.6 Å². The molecule has 7 nitrogen and oxygen atoms in total. The Hall–Kier alpha value is -3.67. The molecule has 0 radical (unpaired) electrons. The first-order valence-electron chi connectivity index (χ1n) is 8.82. The van der Waals surface area contributed by atoms with Crippen molar-refractivity contribution in [3.05, 3.63) is 65.6 Å². The number of nitriles is 1. The van der Waals surface area contributed by atoms with Gasteiger partial charge in [0.2, 0.25) is 5.88 Å². The van der Waals surface area contributed by atoms with Crippen LogP contribution in [0.1, 0.15) is 36.6 Å². The van der Waals surface area contributed by atoms with Gasteiger partial charge in [0.25, 0.3) is 5.91 Å². The minimum atomic E-state index is -0.707. The molecule has 1 aromatic heterocycles. The van der Waals surface area contributed by atoms with E-state index in [0.717, 1.165) is 6.07 Å². The summed E-state index contributed by atoms with van der Waals surface area (Å²) < 4.78 is 32.4. The molecular formula is C20H17F2N5O2. The summed E-state index contributed by atoms with van der Waals surface area (Å²) in [6, 6.07) is 4.45. The lowest BCUT2D eigenvalue weighted by atomic mass is 10.0. The minimum Gasteiger partial charge on any atom is -0.477 e. The van der Waals surface area contributed by atoms with Crippen LogP contribution in [0.25, 0.3) is 0 Å². The Morgan fingerprint density at radius 3 is 2.69 bits per heavy atom. The summed E-state index contributed by atoms with van der Waals surface area (Å²) >= 11 is 0. The SMILES string of the molecule is C=C(CCCOc1cnc(C#N)cn1)C(=O)N1N=CC[C@@H]1c1cc(F)cc(F)c1. The molecule has 0 bridgehead atoms. The number of nitrogens with zero attached hydrogens (tertiary/aromatic N) is 5. The molecule has 0 aliphatic carbocycles. The lowest BCUT2D eigenvalue weighted by Crippen LogP contribution is -2.28. The number of carbonyl (C=O) groups is 1. The highest BCUT2D eigenvalue weighted by Gasteiger charge is 2.30. The van der Waals surface area contributed by atoms with Gasteiger partial charge < -0.3 is 4.74 Å². The molecule has 9 heteroatoms. The van der Waals surface area contributed by atoms with Crippen LogP contribution < -0.4 is 4.74 Å². The van der Waals surface area contributed by atoms with Gasteiger partial charge in [-0.05, 0) is 30.5 Å². The van der Waals surface area contributed by atoms with E-state index < -0.39 is 23.6 Å². The Morgan fingerprint density at radius 1 is 1.28 bits per heavy atom. The standard InChI is InChI=1S/C20H17F2N5O2/c1-13(3-2-6-29-19-12-24-17(10-23)11-25-19)20(28)27-18(4-5-26-27)14-7-15(21)9-16(22)8-14/h5,7-9,11-12,18H,1-4,6H2/t18-/m1/s1. The first-order valence-corrected chi connectivity index (χ1v) is 8.82. The van der Waals surface area contributed by atoms with Crippen LogP contribution in [0.15, 0.2) is 47.8 Å². The summed E-state index contributed by atoms with van der Waals surface area (Å²) in [7, 11) is 0. The first kappa shape index (κ1) is 20.1. The number of amides is 1. The summed E-state index contributed by atoms with van der Waals surface area (Å²) in [6.07, 6.45) is 5.38. The Kier molecular flexibility index (Phi) is 6.24. The van der Waals surface area contributed by atoms with Crippen molar-refractivity contribution in [2.75, 3.05) is 6.61 Å². The molecule has 0 spiro atoms. The van der Waals surface area contributed by atoms with E-state index in [1.54, 1.807) is 0 Å².